The molecule has 1 aliphatic carbocycles. The zero-order valence-electron chi connectivity index (χ0n) is 17.2. The third-order valence-corrected chi connectivity index (χ3v) is 5.89. The molecular formula is C23H29N3O3. The summed E-state index contributed by atoms with van der Waals surface area (Å²) in [6.45, 7) is 2.60. The predicted molar refractivity (Wildman–Crippen MR) is 111 cm³/mol. The summed E-state index contributed by atoms with van der Waals surface area (Å²) in [6, 6.07) is 7.91. The van der Waals surface area contributed by atoms with Crippen LogP contribution in [0, 0.1) is 12.8 Å². The van der Waals surface area contributed by atoms with Gasteiger partial charge in [0, 0.05) is 24.5 Å². The van der Waals surface area contributed by atoms with Crippen molar-refractivity contribution in [3.8, 4) is 22.9 Å². The topological polar surface area (TPSA) is 73.3 Å². The fourth-order valence-corrected chi connectivity index (χ4v) is 4.42. The molecule has 2 heterocycles. The van der Waals surface area contributed by atoms with Crippen LogP contribution in [0.4, 0.5) is 0 Å². The molecule has 2 aliphatic rings. The van der Waals surface area contributed by atoms with E-state index >= 15 is 0 Å². The summed E-state index contributed by atoms with van der Waals surface area (Å²) in [6.07, 6.45) is 7.58. The van der Waals surface area contributed by atoms with Crippen LogP contribution in [0.5, 0.6) is 11.6 Å². The normalized spacial score (nSPS) is 18.8. The maximum atomic E-state index is 12.3. The average molecular weight is 396 g/mol. The number of methoxy groups -OCH3 is 1. The number of aromatic nitrogens is 2. The van der Waals surface area contributed by atoms with E-state index in [0.29, 0.717) is 24.8 Å². The smallest absolute Gasteiger partial charge is 0.233 e. The van der Waals surface area contributed by atoms with Crippen molar-refractivity contribution < 1.29 is 14.3 Å². The van der Waals surface area contributed by atoms with Gasteiger partial charge in [-0.05, 0) is 48.9 Å². The van der Waals surface area contributed by atoms with Crippen molar-refractivity contribution in [2.75, 3.05) is 13.7 Å². The molecule has 6 nitrogen and oxygen atoms in total. The quantitative estimate of drug-likeness (QED) is 0.804. The molecule has 1 aromatic heterocycles. The largest absolute Gasteiger partial charge is 0.487 e. The number of carbonyl (C=O) groups excluding carboxylic acids is 1. The van der Waals surface area contributed by atoms with Gasteiger partial charge in [0.2, 0.25) is 11.8 Å². The van der Waals surface area contributed by atoms with Gasteiger partial charge in [-0.25, -0.2) is 0 Å². The lowest BCUT2D eigenvalue weighted by molar-refractivity contribution is -0.122. The standard InChI is InChI=1S/C23H29N3O3/c1-15-10-17-13-18(14-24-21(27)12-16-6-4-3-5-7-16)29-23(17)19(11-15)20-8-9-22(28-2)26-25-20/h8-11,16,18H,3-7,12-14H2,1-2H3,(H,24,27)/t18-/m0/s1. The van der Waals surface area contributed by atoms with Crippen molar-refractivity contribution in [2.24, 2.45) is 5.92 Å². The van der Waals surface area contributed by atoms with E-state index in [9.17, 15) is 4.79 Å². The van der Waals surface area contributed by atoms with Crippen LogP contribution in [0.2, 0.25) is 0 Å². The second kappa shape index (κ2) is 8.80. The first kappa shape index (κ1) is 19.7. The van der Waals surface area contributed by atoms with E-state index in [1.807, 2.05) is 6.07 Å². The molecule has 0 bridgehead atoms. The number of amides is 1. The molecule has 4 rings (SSSR count). The second-order valence-electron chi connectivity index (χ2n) is 8.22. The lowest BCUT2D eigenvalue weighted by Crippen LogP contribution is -2.35. The number of benzene rings is 1. The van der Waals surface area contributed by atoms with Gasteiger partial charge in [0.25, 0.3) is 0 Å². The third-order valence-electron chi connectivity index (χ3n) is 5.89. The number of fused-ring (bicyclic) bond motifs is 1. The minimum atomic E-state index is -0.0490. The number of nitrogens with one attached hydrogen (secondary N) is 1. The molecule has 1 saturated carbocycles. The number of ether oxygens (including phenoxy) is 2. The Hall–Kier alpha value is -2.63. The van der Waals surface area contributed by atoms with Crippen molar-refractivity contribution >= 4 is 5.91 Å². The van der Waals surface area contributed by atoms with E-state index in [1.165, 1.54) is 32.1 Å². The zero-order chi connectivity index (χ0) is 20.2. The predicted octanol–water partition coefficient (Wildman–Crippen LogP) is 3.85. The zero-order valence-corrected chi connectivity index (χ0v) is 17.2. The van der Waals surface area contributed by atoms with E-state index in [-0.39, 0.29) is 12.0 Å². The van der Waals surface area contributed by atoms with Gasteiger partial charge in [-0.1, -0.05) is 25.3 Å². The Bertz CT molecular complexity index is 860. The van der Waals surface area contributed by atoms with Crippen LogP contribution in [0.3, 0.4) is 0 Å². The van der Waals surface area contributed by atoms with Crippen molar-refractivity contribution in [1.29, 1.82) is 0 Å². The summed E-state index contributed by atoms with van der Waals surface area (Å²) in [5.74, 6) is 2.03. The highest BCUT2D eigenvalue weighted by Crippen LogP contribution is 2.39. The number of rotatable bonds is 6. The Kier molecular flexibility index (Phi) is 5.97. The van der Waals surface area contributed by atoms with Crippen molar-refractivity contribution in [2.45, 2.75) is 58.0 Å². The fraction of sp³-hybridized carbons (Fsp3) is 0.522. The van der Waals surface area contributed by atoms with Crippen LogP contribution < -0.4 is 14.8 Å². The highest BCUT2D eigenvalue weighted by Gasteiger charge is 2.27. The van der Waals surface area contributed by atoms with Crippen LogP contribution in [-0.4, -0.2) is 35.9 Å². The summed E-state index contributed by atoms with van der Waals surface area (Å²) in [7, 11) is 1.57. The molecule has 1 aromatic carbocycles. The van der Waals surface area contributed by atoms with E-state index < -0.39 is 0 Å². The Labute approximate surface area is 172 Å². The molecule has 0 radical (unpaired) electrons. The van der Waals surface area contributed by atoms with Gasteiger partial charge in [0.05, 0.1) is 19.3 Å². The Balaban J connectivity index is 1.40. The van der Waals surface area contributed by atoms with E-state index in [2.05, 4.69) is 34.6 Å². The van der Waals surface area contributed by atoms with Crippen LogP contribution in [0.15, 0.2) is 24.3 Å². The van der Waals surface area contributed by atoms with Crippen LogP contribution in [0.25, 0.3) is 11.3 Å². The van der Waals surface area contributed by atoms with Crippen LogP contribution in [0.1, 0.15) is 49.7 Å². The number of nitrogens with zero attached hydrogens (tertiary/aromatic N) is 2. The molecular weight excluding hydrogens is 366 g/mol. The van der Waals surface area contributed by atoms with Gasteiger partial charge in [0.15, 0.2) is 0 Å². The fourth-order valence-electron chi connectivity index (χ4n) is 4.42. The molecule has 0 unspecified atom stereocenters. The number of hydrogen-bond donors (Lipinski definition) is 1. The van der Waals surface area contributed by atoms with Gasteiger partial charge >= 0.3 is 0 Å². The number of hydrogen-bond acceptors (Lipinski definition) is 5. The molecule has 1 aliphatic heterocycles. The third kappa shape index (κ3) is 4.69. The minimum Gasteiger partial charge on any atom is -0.487 e. The Morgan fingerprint density at radius 1 is 1.21 bits per heavy atom. The van der Waals surface area contributed by atoms with E-state index in [1.54, 1.807) is 13.2 Å². The molecule has 0 spiro atoms. The lowest BCUT2D eigenvalue weighted by atomic mass is 9.87. The van der Waals surface area contributed by atoms with Gasteiger partial charge in [0.1, 0.15) is 11.9 Å². The molecule has 1 atom stereocenters. The van der Waals surface area contributed by atoms with E-state index in [4.69, 9.17) is 9.47 Å². The first-order chi connectivity index (χ1) is 14.1. The molecule has 1 N–H and O–H groups in total. The molecule has 2 aromatic rings. The summed E-state index contributed by atoms with van der Waals surface area (Å²) in [5.41, 5.74) is 4.00. The van der Waals surface area contributed by atoms with Crippen molar-refractivity contribution in [3.63, 3.8) is 0 Å². The summed E-state index contributed by atoms with van der Waals surface area (Å²) in [5, 5.41) is 11.4. The Morgan fingerprint density at radius 2 is 2.03 bits per heavy atom. The molecule has 1 fully saturated rings. The van der Waals surface area contributed by atoms with Crippen molar-refractivity contribution in [1.82, 2.24) is 15.5 Å². The molecule has 0 saturated heterocycles. The van der Waals surface area contributed by atoms with E-state index in [0.717, 1.165) is 34.6 Å². The monoisotopic (exact) mass is 395 g/mol. The maximum absolute atomic E-state index is 12.3. The first-order valence-corrected chi connectivity index (χ1v) is 10.6. The highest BCUT2D eigenvalue weighted by atomic mass is 16.5. The SMILES string of the molecule is COc1ccc(-c2cc(C)cc3c2O[C@H](CNC(=O)CC2CCCCC2)C3)nn1. The van der Waals surface area contributed by atoms with Crippen molar-refractivity contribution in [3.05, 3.63) is 35.4 Å². The molecule has 6 heteroatoms. The average Bonchev–Trinajstić information content (AvgIpc) is 3.15. The molecule has 29 heavy (non-hydrogen) atoms. The van der Waals surface area contributed by atoms with Gasteiger partial charge in [-0.3, -0.25) is 4.79 Å². The first-order valence-electron chi connectivity index (χ1n) is 10.6. The van der Waals surface area contributed by atoms with Crippen LogP contribution >= 0.6 is 0 Å². The van der Waals surface area contributed by atoms with Gasteiger partial charge in [-0.15, -0.1) is 10.2 Å². The summed E-state index contributed by atoms with van der Waals surface area (Å²) in [4.78, 5) is 12.3. The number of carbonyl (C=O) groups is 1. The van der Waals surface area contributed by atoms with Crippen LogP contribution in [-0.2, 0) is 11.2 Å². The Morgan fingerprint density at radius 3 is 2.76 bits per heavy atom. The minimum absolute atomic E-state index is 0.0490. The summed E-state index contributed by atoms with van der Waals surface area (Å²) < 4.78 is 11.3. The lowest BCUT2D eigenvalue weighted by Gasteiger charge is -2.21. The van der Waals surface area contributed by atoms with Gasteiger partial charge < -0.3 is 14.8 Å². The molecule has 1 amide bonds. The number of aryl methyl sites for hydroxylation is 1. The van der Waals surface area contributed by atoms with Gasteiger partial charge in [-0.2, -0.15) is 0 Å². The molecule has 154 valence electrons. The highest BCUT2D eigenvalue weighted by molar-refractivity contribution is 5.76. The summed E-state index contributed by atoms with van der Waals surface area (Å²) >= 11 is 0. The second-order valence-corrected chi connectivity index (χ2v) is 8.22. The maximum Gasteiger partial charge on any atom is 0.233 e.